The minimum atomic E-state index is -0.208. The monoisotopic (exact) mass is 278 g/mol. The average molecular weight is 278 g/mol. The molecule has 3 nitrogen and oxygen atoms in total. The molecule has 0 saturated carbocycles. The van der Waals surface area contributed by atoms with Crippen molar-refractivity contribution in [2.24, 2.45) is 0 Å². The van der Waals surface area contributed by atoms with E-state index in [4.69, 9.17) is 9.47 Å². The van der Waals surface area contributed by atoms with Gasteiger partial charge in [0.05, 0.1) is 19.6 Å². The normalized spacial score (nSPS) is 11.2. The summed E-state index contributed by atoms with van der Waals surface area (Å²) in [7, 11) is 0. The first-order valence-electron chi connectivity index (χ1n) is 7.30. The van der Waals surface area contributed by atoms with Gasteiger partial charge in [0.15, 0.2) is 0 Å². The number of esters is 1. The Bertz CT molecular complexity index is 444. The summed E-state index contributed by atoms with van der Waals surface area (Å²) in [6, 6.07) is 6.09. The molecule has 112 valence electrons. The van der Waals surface area contributed by atoms with Gasteiger partial charge in [-0.3, -0.25) is 4.79 Å². The third-order valence-electron chi connectivity index (χ3n) is 3.03. The number of carbonyl (C=O) groups is 1. The lowest BCUT2D eigenvalue weighted by Gasteiger charge is -2.21. The highest BCUT2D eigenvalue weighted by molar-refractivity contribution is 5.73. The second-order valence-electron chi connectivity index (χ2n) is 5.90. The number of carbonyl (C=O) groups excluding carboxylic acids is 1. The highest BCUT2D eigenvalue weighted by Crippen LogP contribution is 2.28. The summed E-state index contributed by atoms with van der Waals surface area (Å²) in [5.74, 6) is 0.577. The van der Waals surface area contributed by atoms with Crippen LogP contribution in [-0.4, -0.2) is 19.2 Å². The molecule has 0 saturated heterocycles. The molecule has 0 unspecified atom stereocenters. The van der Waals surface area contributed by atoms with Gasteiger partial charge in [-0.15, -0.1) is 0 Å². The van der Waals surface area contributed by atoms with Gasteiger partial charge in [0.2, 0.25) is 0 Å². The summed E-state index contributed by atoms with van der Waals surface area (Å²) >= 11 is 0. The van der Waals surface area contributed by atoms with E-state index in [1.807, 2.05) is 13.0 Å². The van der Waals surface area contributed by atoms with E-state index in [1.165, 1.54) is 5.56 Å². The van der Waals surface area contributed by atoms with Crippen LogP contribution in [-0.2, 0) is 21.4 Å². The van der Waals surface area contributed by atoms with Crippen LogP contribution in [0.3, 0.4) is 0 Å². The van der Waals surface area contributed by atoms with Crippen molar-refractivity contribution in [2.75, 3.05) is 13.2 Å². The van der Waals surface area contributed by atoms with Crippen molar-refractivity contribution in [1.29, 1.82) is 0 Å². The van der Waals surface area contributed by atoms with E-state index in [2.05, 4.69) is 39.8 Å². The topological polar surface area (TPSA) is 35.5 Å². The summed E-state index contributed by atoms with van der Waals surface area (Å²) < 4.78 is 10.8. The molecule has 1 aromatic rings. The highest BCUT2D eigenvalue weighted by Gasteiger charge is 2.17. The lowest BCUT2D eigenvalue weighted by molar-refractivity contribution is -0.142. The van der Waals surface area contributed by atoms with Gasteiger partial charge in [-0.1, -0.05) is 39.8 Å². The van der Waals surface area contributed by atoms with Gasteiger partial charge in [-0.05, 0) is 30.4 Å². The lowest BCUT2D eigenvalue weighted by Crippen LogP contribution is -2.14. The number of rotatable bonds is 6. The second kappa shape index (κ2) is 7.32. The van der Waals surface area contributed by atoms with Crippen molar-refractivity contribution in [3.05, 3.63) is 29.3 Å². The van der Waals surface area contributed by atoms with Crippen LogP contribution in [0.25, 0.3) is 0 Å². The maximum absolute atomic E-state index is 11.7. The fraction of sp³-hybridized carbons (Fsp3) is 0.588. The SMILES string of the molecule is CCCOc1ccc(C(C)(C)C)cc1CC(=O)OCC. The van der Waals surface area contributed by atoms with E-state index in [0.717, 1.165) is 17.7 Å². The first kappa shape index (κ1) is 16.5. The molecule has 0 amide bonds. The van der Waals surface area contributed by atoms with Crippen molar-refractivity contribution in [3.8, 4) is 5.75 Å². The van der Waals surface area contributed by atoms with E-state index < -0.39 is 0 Å². The first-order chi connectivity index (χ1) is 9.38. The number of hydrogen-bond donors (Lipinski definition) is 0. The molecular formula is C17H26O3. The molecule has 1 aromatic carbocycles. The summed E-state index contributed by atoms with van der Waals surface area (Å²) in [6.45, 7) is 11.4. The van der Waals surface area contributed by atoms with E-state index in [-0.39, 0.29) is 17.8 Å². The minimum absolute atomic E-state index is 0.0483. The summed E-state index contributed by atoms with van der Waals surface area (Å²) in [5.41, 5.74) is 2.15. The van der Waals surface area contributed by atoms with E-state index in [0.29, 0.717) is 13.2 Å². The lowest BCUT2D eigenvalue weighted by atomic mass is 9.85. The molecule has 20 heavy (non-hydrogen) atoms. The molecule has 0 heterocycles. The molecule has 0 aliphatic rings. The van der Waals surface area contributed by atoms with Gasteiger partial charge in [-0.25, -0.2) is 0 Å². The molecular weight excluding hydrogens is 252 g/mol. The Balaban J connectivity index is 3.02. The Kier molecular flexibility index (Phi) is 6.05. The summed E-state index contributed by atoms with van der Waals surface area (Å²) in [4.78, 5) is 11.7. The van der Waals surface area contributed by atoms with E-state index in [1.54, 1.807) is 0 Å². The van der Waals surface area contributed by atoms with E-state index in [9.17, 15) is 4.79 Å². The van der Waals surface area contributed by atoms with Crippen LogP contribution in [0.4, 0.5) is 0 Å². The molecule has 0 aromatic heterocycles. The zero-order valence-electron chi connectivity index (χ0n) is 13.3. The van der Waals surface area contributed by atoms with Crippen molar-refractivity contribution >= 4 is 5.97 Å². The van der Waals surface area contributed by atoms with Crippen molar-refractivity contribution in [1.82, 2.24) is 0 Å². The molecule has 0 aliphatic carbocycles. The largest absolute Gasteiger partial charge is 0.493 e. The zero-order chi connectivity index (χ0) is 15.2. The quantitative estimate of drug-likeness (QED) is 0.741. The Morgan fingerprint density at radius 2 is 1.90 bits per heavy atom. The minimum Gasteiger partial charge on any atom is -0.493 e. The smallest absolute Gasteiger partial charge is 0.310 e. The molecule has 3 heteroatoms. The van der Waals surface area contributed by atoms with Gasteiger partial charge < -0.3 is 9.47 Å². The third kappa shape index (κ3) is 4.87. The van der Waals surface area contributed by atoms with Crippen LogP contribution in [0.1, 0.15) is 52.2 Å². The predicted molar refractivity (Wildman–Crippen MR) is 81.3 cm³/mol. The molecule has 0 bridgehead atoms. The van der Waals surface area contributed by atoms with Gasteiger partial charge in [0.25, 0.3) is 0 Å². The number of hydrogen-bond acceptors (Lipinski definition) is 3. The van der Waals surface area contributed by atoms with Crippen LogP contribution in [0, 0.1) is 0 Å². The van der Waals surface area contributed by atoms with E-state index >= 15 is 0 Å². The maximum atomic E-state index is 11.7. The van der Waals surface area contributed by atoms with Gasteiger partial charge in [0, 0.05) is 5.56 Å². The first-order valence-corrected chi connectivity index (χ1v) is 7.30. The molecule has 1 rings (SSSR count). The van der Waals surface area contributed by atoms with Gasteiger partial charge >= 0.3 is 5.97 Å². The molecule has 0 fully saturated rings. The predicted octanol–water partition coefficient (Wildman–Crippen LogP) is 3.88. The number of ether oxygens (including phenoxy) is 2. The van der Waals surface area contributed by atoms with Crippen LogP contribution < -0.4 is 4.74 Å². The highest BCUT2D eigenvalue weighted by atomic mass is 16.5. The zero-order valence-corrected chi connectivity index (χ0v) is 13.3. The Labute approximate surface area is 122 Å². The molecule has 0 aliphatic heterocycles. The summed E-state index contributed by atoms with van der Waals surface area (Å²) in [5, 5.41) is 0. The Morgan fingerprint density at radius 1 is 1.20 bits per heavy atom. The van der Waals surface area contributed by atoms with Gasteiger partial charge in [0.1, 0.15) is 5.75 Å². The fourth-order valence-electron chi connectivity index (χ4n) is 1.90. The number of benzene rings is 1. The van der Waals surface area contributed by atoms with Crippen LogP contribution in [0.15, 0.2) is 18.2 Å². The summed E-state index contributed by atoms with van der Waals surface area (Å²) in [6.07, 6.45) is 1.21. The standard InChI is InChI=1S/C17H26O3/c1-6-10-20-15-9-8-14(17(3,4)5)11-13(15)12-16(18)19-7-2/h8-9,11H,6-7,10,12H2,1-5H3. The van der Waals surface area contributed by atoms with Crippen molar-refractivity contribution in [3.63, 3.8) is 0 Å². The third-order valence-corrected chi connectivity index (χ3v) is 3.03. The maximum Gasteiger partial charge on any atom is 0.310 e. The molecule has 0 atom stereocenters. The van der Waals surface area contributed by atoms with Crippen LogP contribution in [0.5, 0.6) is 5.75 Å². The molecule has 0 spiro atoms. The Morgan fingerprint density at radius 3 is 2.45 bits per heavy atom. The Hall–Kier alpha value is -1.51. The van der Waals surface area contributed by atoms with Gasteiger partial charge in [-0.2, -0.15) is 0 Å². The van der Waals surface area contributed by atoms with Crippen LogP contribution >= 0.6 is 0 Å². The van der Waals surface area contributed by atoms with Crippen molar-refractivity contribution in [2.45, 2.75) is 52.9 Å². The fourth-order valence-corrected chi connectivity index (χ4v) is 1.90. The second-order valence-corrected chi connectivity index (χ2v) is 5.90. The van der Waals surface area contributed by atoms with Crippen LogP contribution in [0.2, 0.25) is 0 Å². The average Bonchev–Trinajstić information content (AvgIpc) is 2.36. The van der Waals surface area contributed by atoms with Crippen molar-refractivity contribution < 1.29 is 14.3 Å². The molecule has 0 N–H and O–H groups in total. The molecule has 0 radical (unpaired) electrons.